The molecule has 0 saturated heterocycles. The van der Waals surface area contributed by atoms with E-state index in [9.17, 15) is 14.4 Å². The van der Waals surface area contributed by atoms with Crippen molar-refractivity contribution in [3.63, 3.8) is 0 Å². The molecular formula is C52H88O6. The maximum atomic E-state index is 12.7. The number of carbonyl (C=O) groups is 3. The molecule has 0 aromatic carbocycles. The Bertz CT molecular complexity index is 1110. The van der Waals surface area contributed by atoms with Gasteiger partial charge in [-0.05, 0) is 57.8 Å². The third-order valence-corrected chi connectivity index (χ3v) is 10.1. The van der Waals surface area contributed by atoms with Gasteiger partial charge in [-0.15, -0.1) is 0 Å². The lowest BCUT2D eigenvalue weighted by Gasteiger charge is -2.18. The van der Waals surface area contributed by atoms with Crippen LogP contribution in [0.1, 0.15) is 220 Å². The summed E-state index contributed by atoms with van der Waals surface area (Å²) < 4.78 is 16.7. The second-order valence-corrected chi connectivity index (χ2v) is 15.8. The van der Waals surface area contributed by atoms with Crippen LogP contribution in [-0.4, -0.2) is 37.2 Å². The Labute approximate surface area is 357 Å². The second-order valence-electron chi connectivity index (χ2n) is 15.8. The van der Waals surface area contributed by atoms with Crippen LogP contribution in [0.5, 0.6) is 0 Å². The van der Waals surface area contributed by atoms with Gasteiger partial charge in [-0.25, -0.2) is 0 Å². The molecule has 6 nitrogen and oxygen atoms in total. The lowest BCUT2D eigenvalue weighted by atomic mass is 10.0. The van der Waals surface area contributed by atoms with Crippen LogP contribution >= 0.6 is 0 Å². The van der Waals surface area contributed by atoms with Gasteiger partial charge in [0.05, 0.1) is 0 Å². The zero-order chi connectivity index (χ0) is 42.3. The van der Waals surface area contributed by atoms with Gasteiger partial charge in [0.2, 0.25) is 0 Å². The maximum absolute atomic E-state index is 12.7. The van der Waals surface area contributed by atoms with Crippen molar-refractivity contribution in [2.45, 2.75) is 226 Å². The fourth-order valence-corrected chi connectivity index (χ4v) is 6.47. The standard InChI is InChI=1S/C52H88O6/c1-4-7-10-13-16-19-22-25-28-30-33-36-39-42-45-51(54)57-48-49(58-52(55)46-43-40-37-34-31-27-24-21-18-15-12-9-6-3)47-56-50(53)44-41-38-35-32-29-26-23-20-17-14-11-8-5-2/h9,12,15,18,21,24,26-27,29,31,34,37,49H,4-8,10-11,13-14,16-17,19-20,22-23,25,28,30,32-33,35-36,38-48H2,1-3H3/b12-9-,18-15-,24-21-,29-26-,31-27-,37-34-. The fourth-order valence-electron chi connectivity index (χ4n) is 6.47. The summed E-state index contributed by atoms with van der Waals surface area (Å²) in [5.74, 6) is -1.00. The largest absolute Gasteiger partial charge is 0.462 e. The lowest BCUT2D eigenvalue weighted by Crippen LogP contribution is -2.30. The average molecular weight is 809 g/mol. The van der Waals surface area contributed by atoms with E-state index in [1.807, 2.05) is 54.7 Å². The Morgan fingerprint density at radius 1 is 0.362 bits per heavy atom. The molecule has 0 amide bonds. The first kappa shape index (κ1) is 54.9. The van der Waals surface area contributed by atoms with Crippen LogP contribution in [0.3, 0.4) is 0 Å². The summed E-state index contributed by atoms with van der Waals surface area (Å²) in [5, 5.41) is 0. The van der Waals surface area contributed by atoms with Crippen molar-refractivity contribution in [2.24, 2.45) is 0 Å². The van der Waals surface area contributed by atoms with Crippen molar-refractivity contribution in [2.75, 3.05) is 13.2 Å². The Morgan fingerprint density at radius 3 is 1.16 bits per heavy atom. The number of carbonyl (C=O) groups excluding carboxylic acids is 3. The second kappa shape index (κ2) is 46.5. The predicted molar refractivity (Wildman–Crippen MR) is 247 cm³/mol. The van der Waals surface area contributed by atoms with Gasteiger partial charge in [-0.2, -0.15) is 0 Å². The molecule has 0 fully saturated rings. The zero-order valence-corrected chi connectivity index (χ0v) is 37.8. The number of hydrogen-bond donors (Lipinski definition) is 0. The molecule has 1 unspecified atom stereocenters. The van der Waals surface area contributed by atoms with E-state index in [4.69, 9.17) is 14.2 Å². The highest BCUT2D eigenvalue weighted by molar-refractivity contribution is 5.71. The molecule has 0 aromatic rings. The Morgan fingerprint density at radius 2 is 0.707 bits per heavy atom. The van der Waals surface area contributed by atoms with E-state index in [1.54, 1.807) is 0 Å². The summed E-state index contributed by atoms with van der Waals surface area (Å²) in [4.78, 5) is 37.8. The van der Waals surface area contributed by atoms with E-state index in [1.165, 1.54) is 109 Å². The van der Waals surface area contributed by atoms with Crippen LogP contribution in [-0.2, 0) is 28.6 Å². The van der Waals surface area contributed by atoms with Crippen molar-refractivity contribution < 1.29 is 28.6 Å². The summed E-state index contributed by atoms with van der Waals surface area (Å²) in [6.45, 7) is 6.40. The summed E-state index contributed by atoms with van der Waals surface area (Å²) in [7, 11) is 0. The van der Waals surface area contributed by atoms with Crippen molar-refractivity contribution >= 4 is 17.9 Å². The van der Waals surface area contributed by atoms with Crippen LogP contribution < -0.4 is 0 Å². The van der Waals surface area contributed by atoms with Gasteiger partial charge >= 0.3 is 17.9 Å². The number of unbranched alkanes of at least 4 members (excludes halogenated alkanes) is 23. The van der Waals surface area contributed by atoms with Crippen LogP contribution in [0.4, 0.5) is 0 Å². The van der Waals surface area contributed by atoms with Crippen LogP contribution in [0, 0.1) is 0 Å². The molecule has 0 bridgehead atoms. The van der Waals surface area contributed by atoms with Crippen molar-refractivity contribution in [1.82, 2.24) is 0 Å². The molecule has 0 aliphatic heterocycles. The van der Waals surface area contributed by atoms with Crippen LogP contribution in [0.15, 0.2) is 72.9 Å². The SMILES string of the molecule is CC\C=C/C=C\C=C/C=C\C=C/CCCC(=O)OC(COC(=O)CCCCC/C=C\CCCCCCCC)COC(=O)CCCCCCCCCCCCCCCC. The van der Waals surface area contributed by atoms with Gasteiger partial charge < -0.3 is 14.2 Å². The molecule has 0 radical (unpaired) electrons. The first-order chi connectivity index (χ1) is 28.5. The van der Waals surface area contributed by atoms with Crippen LogP contribution in [0.25, 0.3) is 0 Å². The van der Waals surface area contributed by atoms with E-state index < -0.39 is 6.10 Å². The molecule has 6 heteroatoms. The van der Waals surface area contributed by atoms with E-state index in [0.717, 1.165) is 64.2 Å². The minimum atomic E-state index is -0.815. The van der Waals surface area contributed by atoms with Gasteiger partial charge in [0.1, 0.15) is 13.2 Å². The average Bonchev–Trinajstić information content (AvgIpc) is 3.22. The first-order valence-corrected chi connectivity index (χ1v) is 24.0. The van der Waals surface area contributed by atoms with Gasteiger partial charge in [-0.3, -0.25) is 14.4 Å². The van der Waals surface area contributed by atoms with Gasteiger partial charge in [-0.1, -0.05) is 216 Å². The normalized spacial score (nSPS) is 12.7. The molecular weight excluding hydrogens is 721 g/mol. The quantitative estimate of drug-likeness (QED) is 0.0201. The molecule has 0 rings (SSSR count). The van der Waals surface area contributed by atoms with Gasteiger partial charge in [0.15, 0.2) is 6.10 Å². The maximum Gasteiger partial charge on any atom is 0.306 e. The first-order valence-electron chi connectivity index (χ1n) is 24.0. The summed E-state index contributed by atoms with van der Waals surface area (Å²) >= 11 is 0. The summed E-state index contributed by atoms with van der Waals surface area (Å²) in [5.41, 5.74) is 0. The fraction of sp³-hybridized carbons (Fsp3) is 0.712. The molecule has 0 saturated carbocycles. The Balaban J connectivity index is 4.50. The third-order valence-electron chi connectivity index (χ3n) is 10.1. The lowest BCUT2D eigenvalue weighted by molar-refractivity contribution is -0.167. The highest BCUT2D eigenvalue weighted by Crippen LogP contribution is 2.14. The molecule has 0 heterocycles. The third kappa shape index (κ3) is 44.0. The molecule has 1 atom stereocenters. The van der Waals surface area contributed by atoms with Gasteiger partial charge in [0.25, 0.3) is 0 Å². The van der Waals surface area contributed by atoms with Crippen molar-refractivity contribution in [1.29, 1.82) is 0 Å². The number of esters is 3. The van der Waals surface area contributed by atoms with Crippen LogP contribution in [0.2, 0.25) is 0 Å². The van der Waals surface area contributed by atoms with E-state index in [0.29, 0.717) is 19.3 Å². The molecule has 58 heavy (non-hydrogen) atoms. The Hall–Kier alpha value is -3.15. The minimum Gasteiger partial charge on any atom is -0.462 e. The molecule has 0 aliphatic carbocycles. The topological polar surface area (TPSA) is 78.9 Å². The number of ether oxygens (including phenoxy) is 3. The molecule has 0 aliphatic rings. The monoisotopic (exact) mass is 809 g/mol. The summed E-state index contributed by atoms with van der Waals surface area (Å²) in [6, 6.07) is 0. The predicted octanol–water partition coefficient (Wildman–Crippen LogP) is 15.5. The van der Waals surface area contributed by atoms with E-state index >= 15 is 0 Å². The van der Waals surface area contributed by atoms with E-state index in [2.05, 4.69) is 39.0 Å². The Kier molecular flexibility index (Phi) is 44.0. The molecule has 0 N–H and O–H groups in total. The van der Waals surface area contributed by atoms with Crippen molar-refractivity contribution in [3.8, 4) is 0 Å². The van der Waals surface area contributed by atoms with E-state index in [-0.39, 0.29) is 37.5 Å². The highest BCUT2D eigenvalue weighted by atomic mass is 16.6. The molecule has 0 aromatic heterocycles. The smallest absolute Gasteiger partial charge is 0.306 e. The zero-order valence-electron chi connectivity index (χ0n) is 37.8. The summed E-state index contributed by atoms with van der Waals surface area (Å²) in [6.07, 6.45) is 57.5. The number of hydrogen-bond acceptors (Lipinski definition) is 6. The highest BCUT2D eigenvalue weighted by Gasteiger charge is 2.19. The van der Waals surface area contributed by atoms with Gasteiger partial charge in [0, 0.05) is 19.3 Å². The molecule has 332 valence electrons. The number of rotatable bonds is 42. The minimum absolute atomic E-state index is 0.107. The van der Waals surface area contributed by atoms with Crippen molar-refractivity contribution in [3.05, 3.63) is 72.9 Å². The molecule has 0 spiro atoms. The number of allylic oxidation sites excluding steroid dienone is 12.